The number of rotatable bonds is 6. The van der Waals surface area contributed by atoms with Crippen LogP contribution >= 0.6 is 34.5 Å². The molecular formula is C16H15Cl2NO2S. The van der Waals surface area contributed by atoms with Gasteiger partial charge in [0.25, 0.3) is 0 Å². The number of methoxy groups -OCH3 is 1. The van der Waals surface area contributed by atoms with Crippen LogP contribution in [0.5, 0.6) is 0 Å². The Morgan fingerprint density at radius 3 is 2.73 bits per heavy atom. The van der Waals surface area contributed by atoms with Gasteiger partial charge in [-0.2, -0.15) is 0 Å². The third-order valence-electron chi connectivity index (χ3n) is 2.98. The molecule has 0 fully saturated rings. The molecule has 2 rings (SSSR count). The van der Waals surface area contributed by atoms with E-state index in [1.165, 1.54) is 17.4 Å². The zero-order valence-corrected chi connectivity index (χ0v) is 14.2. The van der Waals surface area contributed by atoms with Crippen LogP contribution in [0.2, 0.25) is 9.36 Å². The summed E-state index contributed by atoms with van der Waals surface area (Å²) in [6.45, 7) is 0.374. The molecule has 1 heterocycles. The van der Waals surface area contributed by atoms with Gasteiger partial charge in [0.2, 0.25) is 5.91 Å². The molecule has 116 valence electrons. The lowest BCUT2D eigenvalue weighted by Crippen LogP contribution is -2.27. The van der Waals surface area contributed by atoms with Gasteiger partial charge in [0.15, 0.2) is 0 Å². The van der Waals surface area contributed by atoms with E-state index in [2.05, 4.69) is 5.32 Å². The van der Waals surface area contributed by atoms with Gasteiger partial charge in [-0.3, -0.25) is 4.79 Å². The molecule has 1 aromatic carbocycles. The van der Waals surface area contributed by atoms with E-state index in [0.717, 1.165) is 10.4 Å². The minimum atomic E-state index is -0.213. The largest absolute Gasteiger partial charge is 0.374 e. The number of hydrogen-bond donors (Lipinski definition) is 1. The summed E-state index contributed by atoms with van der Waals surface area (Å²) in [4.78, 5) is 12.8. The second-order valence-electron chi connectivity index (χ2n) is 4.47. The van der Waals surface area contributed by atoms with Gasteiger partial charge in [0, 0.05) is 29.6 Å². The standard InChI is InChI=1S/C16H15Cl2NO2S/c1-21-13(14-7-8-15(18)22-14)10-19-16(20)9-6-11-4-2-3-5-12(11)17/h2-9,13H,10H2,1H3,(H,19,20)/b9-6+. The van der Waals surface area contributed by atoms with Crippen LogP contribution in [-0.4, -0.2) is 19.6 Å². The molecule has 0 saturated heterocycles. The van der Waals surface area contributed by atoms with Crippen LogP contribution in [-0.2, 0) is 9.53 Å². The van der Waals surface area contributed by atoms with E-state index >= 15 is 0 Å². The van der Waals surface area contributed by atoms with E-state index in [1.807, 2.05) is 30.3 Å². The molecule has 0 aliphatic carbocycles. The molecule has 1 aromatic heterocycles. The lowest BCUT2D eigenvalue weighted by atomic mass is 10.2. The Bertz CT molecular complexity index is 670. The highest BCUT2D eigenvalue weighted by molar-refractivity contribution is 7.16. The van der Waals surface area contributed by atoms with Crippen LogP contribution in [0, 0.1) is 0 Å². The smallest absolute Gasteiger partial charge is 0.244 e. The summed E-state index contributed by atoms with van der Waals surface area (Å²) < 4.78 is 6.07. The number of carbonyl (C=O) groups excluding carboxylic acids is 1. The zero-order chi connectivity index (χ0) is 15.9. The van der Waals surface area contributed by atoms with Crippen molar-refractivity contribution in [3.63, 3.8) is 0 Å². The average Bonchev–Trinajstić information content (AvgIpc) is 2.93. The minimum Gasteiger partial charge on any atom is -0.374 e. The zero-order valence-electron chi connectivity index (χ0n) is 11.9. The summed E-state index contributed by atoms with van der Waals surface area (Å²) in [7, 11) is 1.60. The van der Waals surface area contributed by atoms with Gasteiger partial charge in [-0.1, -0.05) is 41.4 Å². The molecule has 1 unspecified atom stereocenters. The molecule has 6 heteroatoms. The molecule has 0 bridgehead atoms. The Hall–Kier alpha value is -1.33. The van der Waals surface area contributed by atoms with Gasteiger partial charge in [-0.15, -0.1) is 11.3 Å². The third kappa shape index (κ3) is 4.85. The Kier molecular flexibility index (Phi) is 6.46. The molecule has 0 aliphatic rings. The van der Waals surface area contributed by atoms with Crippen molar-refractivity contribution < 1.29 is 9.53 Å². The van der Waals surface area contributed by atoms with Crippen LogP contribution in [0.4, 0.5) is 0 Å². The second-order valence-corrected chi connectivity index (χ2v) is 6.62. The SMILES string of the molecule is COC(CNC(=O)/C=C/c1ccccc1Cl)c1ccc(Cl)s1. The van der Waals surface area contributed by atoms with E-state index in [1.54, 1.807) is 19.3 Å². The van der Waals surface area contributed by atoms with Crippen LogP contribution in [0.15, 0.2) is 42.5 Å². The number of thiophene rings is 1. The molecule has 22 heavy (non-hydrogen) atoms. The molecule has 0 aliphatic heterocycles. The van der Waals surface area contributed by atoms with Crippen molar-refractivity contribution in [1.29, 1.82) is 0 Å². The normalized spacial score (nSPS) is 12.5. The van der Waals surface area contributed by atoms with Crippen LogP contribution in [0.25, 0.3) is 6.08 Å². The van der Waals surface area contributed by atoms with Gasteiger partial charge in [0.05, 0.1) is 4.34 Å². The summed E-state index contributed by atoms with van der Waals surface area (Å²) in [5.41, 5.74) is 0.799. The monoisotopic (exact) mass is 355 g/mol. The van der Waals surface area contributed by atoms with E-state index in [0.29, 0.717) is 15.9 Å². The quantitative estimate of drug-likeness (QED) is 0.770. The maximum Gasteiger partial charge on any atom is 0.244 e. The van der Waals surface area contributed by atoms with Crippen molar-refractivity contribution in [2.24, 2.45) is 0 Å². The number of halogens is 2. The number of hydrogen-bond acceptors (Lipinski definition) is 3. The van der Waals surface area contributed by atoms with Crippen LogP contribution in [0.3, 0.4) is 0 Å². The molecule has 1 amide bonds. The van der Waals surface area contributed by atoms with Gasteiger partial charge >= 0.3 is 0 Å². The molecule has 2 aromatic rings. The average molecular weight is 356 g/mol. The summed E-state index contributed by atoms with van der Waals surface area (Å²) >= 11 is 13.4. The van der Waals surface area contributed by atoms with Crippen LogP contribution in [0.1, 0.15) is 16.5 Å². The number of benzene rings is 1. The predicted molar refractivity (Wildman–Crippen MR) is 92.6 cm³/mol. The highest BCUT2D eigenvalue weighted by Gasteiger charge is 2.13. The fourth-order valence-corrected chi connectivity index (χ4v) is 3.17. The second kappa shape index (κ2) is 8.34. The number of amides is 1. The van der Waals surface area contributed by atoms with Crippen molar-refractivity contribution in [1.82, 2.24) is 5.32 Å². The van der Waals surface area contributed by atoms with Gasteiger partial charge < -0.3 is 10.1 Å². The fourth-order valence-electron chi connectivity index (χ4n) is 1.83. The topological polar surface area (TPSA) is 38.3 Å². The maximum atomic E-state index is 11.9. The van der Waals surface area contributed by atoms with Crippen molar-refractivity contribution in [3.8, 4) is 0 Å². The first kappa shape index (κ1) is 17.0. The van der Waals surface area contributed by atoms with E-state index in [-0.39, 0.29) is 12.0 Å². The molecule has 1 atom stereocenters. The van der Waals surface area contributed by atoms with Crippen molar-refractivity contribution in [2.75, 3.05) is 13.7 Å². The van der Waals surface area contributed by atoms with Crippen molar-refractivity contribution in [2.45, 2.75) is 6.10 Å². The van der Waals surface area contributed by atoms with Gasteiger partial charge in [-0.05, 0) is 29.8 Å². The van der Waals surface area contributed by atoms with Gasteiger partial charge in [-0.25, -0.2) is 0 Å². The first-order valence-electron chi connectivity index (χ1n) is 6.58. The summed E-state index contributed by atoms with van der Waals surface area (Å²) in [5, 5.41) is 3.41. The van der Waals surface area contributed by atoms with Crippen LogP contribution < -0.4 is 5.32 Å². The van der Waals surface area contributed by atoms with E-state index in [9.17, 15) is 4.79 Å². The number of ether oxygens (including phenoxy) is 1. The minimum absolute atomic E-state index is 0.204. The Morgan fingerprint density at radius 1 is 1.32 bits per heavy atom. The number of carbonyl (C=O) groups is 1. The lowest BCUT2D eigenvalue weighted by Gasteiger charge is -2.13. The lowest BCUT2D eigenvalue weighted by molar-refractivity contribution is -0.117. The predicted octanol–water partition coefficient (Wildman–Crippen LogP) is 4.57. The molecule has 0 radical (unpaired) electrons. The molecule has 0 saturated carbocycles. The molecule has 0 spiro atoms. The van der Waals surface area contributed by atoms with E-state index in [4.69, 9.17) is 27.9 Å². The first-order valence-corrected chi connectivity index (χ1v) is 8.16. The van der Waals surface area contributed by atoms with Crippen molar-refractivity contribution >= 4 is 46.5 Å². The summed E-state index contributed by atoms with van der Waals surface area (Å²) in [6.07, 6.45) is 2.92. The fraction of sp³-hybridized carbons (Fsp3) is 0.188. The Balaban J connectivity index is 1.90. The maximum absolute atomic E-state index is 11.9. The highest BCUT2D eigenvalue weighted by Crippen LogP contribution is 2.28. The van der Waals surface area contributed by atoms with Crippen molar-refractivity contribution in [3.05, 3.63) is 62.3 Å². The molecular weight excluding hydrogens is 341 g/mol. The molecule has 1 N–H and O–H groups in total. The first-order chi connectivity index (χ1) is 10.6. The third-order valence-corrected chi connectivity index (χ3v) is 4.64. The Labute approximate surface area is 143 Å². The Morgan fingerprint density at radius 2 is 2.09 bits per heavy atom. The number of nitrogens with one attached hydrogen (secondary N) is 1. The molecule has 3 nitrogen and oxygen atoms in total. The summed E-state index contributed by atoms with van der Waals surface area (Å²) in [6, 6.07) is 11.0. The highest BCUT2D eigenvalue weighted by atomic mass is 35.5. The summed E-state index contributed by atoms with van der Waals surface area (Å²) in [5.74, 6) is -0.204. The van der Waals surface area contributed by atoms with E-state index < -0.39 is 0 Å². The van der Waals surface area contributed by atoms with Gasteiger partial charge in [0.1, 0.15) is 6.10 Å².